The number of halogens is 2. The van der Waals surface area contributed by atoms with Crippen LogP contribution in [0, 0.1) is 0 Å². The number of hydrazine groups is 1. The second kappa shape index (κ2) is 8.93. The minimum Gasteiger partial charge on any atom is -0.494 e. The molecule has 0 atom stereocenters. The monoisotopic (exact) mass is 440 g/mol. The van der Waals surface area contributed by atoms with Crippen molar-refractivity contribution >= 4 is 43.5 Å². The third-order valence-electron chi connectivity index (χ3n) is 3.15. The predicted octanol–water partition coefficient (Wildman–Crippen LogP) is 5.15. The molecule has 2 aromatic carbocycles. The van der Waals surface area contributed by atoms with E-state index in [9.17, 15) is 4.79 Å². The lowest BCUT2D eigenvalue weighted by Gasteiger charge is -2.12. The Labute approximate surface area is 152 Å². The number of hydrogen-bond acceptors (Lipinski definition) is 3. The summed E-state index contributed by atoms with van der Waals surface area (Å²) in [4.78, 5) is 12.2. The van der Waals surface area contributed by atoms with Crippen LogP contribution >= 0.6 is 31.9 Å². The van der Waals surface area contributed by atoms with Crippen LogP contribution in [0.2, 0.25) is 0 Å². The highest BCUT2D eigenvalue weighted by Gasteiger charge is 2.08. The first kappa shape index (κ1) is 17.8. The van der Waals surface area contributed by atoms with E-state index in [4.69, 9.17) is 4.74 Å². The van der Waals surface area contributed by atoms with Gasteiger partial charge in [-0.2, -0.15) is 0 Å². The molecule has 4 nitrogen and oxygen atoms in total. The van der Waals surface area contributed by atoms with Gasteiger partial charge in [-0.25, -0.2) is 0 Å². The van der Waals surface area contributed by atoms with Crippen LogP contribution in [0.25, 0.3) is 0 Å². The van der Waals surface area contributed by atoms with Crippen molar-refractivity contribution in [1.29, 1.82) is 0 Å². The van der Waals surface area contributed by atoms with Crippen LogP contribution in [-0.4, -0.2) is 12.5 Å². The molecule has 1 amide bonds. The second-order valence-corrected chi connectivity index (χ2v) is 6.61. The van der Waals surface area contributed by atoms with E-state index in [0.717, 1.165) is 33.2 Å². The smallest absolute Gasteiger partial charge is 0.269 e. The number of anilines is 1. The van der Waals surface area contributed by atoms with Gasteiger partial charge in [-0.05, 0) is 74.7 Å². The van der Waals surface area contributed by atoms with Crippen molar-refractivity contribution in [3.05, 3.63) is 57.0 Å². The highest BCUT2D eigenvalue weighted by Crippen LogP contribution is 2.29. The first-order valence-corrected chi connectivity index (χ1v) is 8.93. The average Bonchev–Trinajstić information content (AvgIpc) is 2.55. The molecule has 2 N–H and O–H groups in total. The zero-order chi connectivity index (χ0) is 16.7. The molecule has 0 aliphatic rings. The van der Waals surface area contributed by atoms with Gasteiger partial charge in [0, 0.05) is 14.5 Å². The minimum atomic E-state index is -0.215. The van der Waals surface area contributed by atoms with E-state index >= 15 is 0 Å². The number of ether oxygens (including phenoxy) is 1. The fourth-order valence-corrected chi connectivity index (χ4v) is 3.04. The van der Waals surface area contributed by atoms with Gasteiger partial charge >= 0.3 is 0 Å². The topological polar surface area (TPSA) is 50.4 Å². The third kappa shape index (κ3) is 5.25. The molecule has 2 aromatic rings. The fourth-order valence-electron chi connectivity index (χ4n) is 1.85. The van der Waals surface area contributed by atoms with Gasteiger partial charge in [-0.1, -0.05) is 19.4 Å². The van der Waals surface area contributed by atoms with E-state index in [2.05, 4.69) is 49.6 Å². The molecule has 122 valence electrons. The molecule has 0 spiro atoms. The molecule has 23 heavy (non-hydrogen) atoms. The van der Waals surface area contributed by atoms with Crippen LogP contribution in [0.15, 0.2) is 51.4 Å². The number of carbonyl (C=O) groups is 1. The van der Waals surface area contributed by atoms with E-state index in [1.165, 1.54) is 0 Å². The molecule has 0 bridgehead atoms. The molecular weight excluding hydrogens is 424 g/mol. The number of benzene rings is 2. The molecule has 0 unspecified atom stereocenters. The summed E-state index contributed by atoms with van der Waals surface area (Å²) in [5, 5.41) is 0. The lowest BCUT2D eigenvalue weighted by molar-refractivity contribution is 0.0962. The molecule has 2 rings (SSSR count). The number of amides is 1. The Morgan fingerprint density at radius 3 is 2.35 bits per heavy atom. The van der Waals surface area contributed by atoms with Crippen molar-refractivity contribution in [1.82, 2.24) is 5.43 Å². The average molecular weight is 442 g/mol. The van der Waals surface area contributed by atoms with Crippen molar-refractivity contribution in [2.24, 2.45) is 0 Å². The molecule has 0 fully saturated rings. The predicted molar refractivity (Wildman–Crippen MR) is 99.8 cm³/mol. The molecule has 0 radical (unpaired) electrons. The summed E-state index contributed by atoms with van der Waals surface area (Å²) >= 11 is 6.87. The van der Waals surface area contributed by atoms with Gasteiger partial charge in [0.2, 0.25) is 0 Å². The summed E-state index contributed by atoms with van der Waals surface area (Å²) in [5.74, 6) is 0.560. The van der Waals surface area contributed by atoms with Gasteiger partial charge < -0.3 is 4.74 Å². The van der Waals surface area contributed by atoms with Crippen LogP contribution in [0.4, 0.5) is 5.69 Å². The molecule has 0 saturated heterocycles. The first-order valence-electron chi connectivity index (χ1n) is 7.35. The Morgan fingerprint density at radius 2 is 1.74 bits per heavy atom. The van der Waals surface area contributed by atoms with Gasteiger partial charge in [-0.3, -0.25) is 15.6 Å². The highest BCUT2D eigenvalue weighted by atomic mass is 79.9. The molecule has 0 aliphatic heterocycles. The van der Waals surface area contributed by atoms with Crippen LogP contribution in [0.3, 0.4) is 0 Å². The fraction of sp³-hybridized carbons (Fsp3) is 0.235. The molecule has 0 aromatic heterocycles. The van der Waals surface area contributed by atoms with Crippen LogP contribution < -0.4 is 15.6 Å². The SMILES string of the molecule is CCCCOc1ccc(C(=O)NNc2c(Br)cccc2Br)cc1. The van der Waals surface area contributed by atoms with Crippen molar-refractivity contribution < 1.29 is 9.53 Å². The van der Waals surface area contributed by atoms with Gasteiger partial charge in [0.15, 0.2) is 0 Å². The van der Waals surface area contributed by atoms with Crippen molar-refractivity contribution in [2.45, 2.75) is 19.8 Å². The molecule has 0 saturated carbocycles. The largest absolute Gasteiger partial charge is 0.494 e. The summed E-state index contributed by atoms with van der Waals surface area (Å²) in [7, 11) is 0. The lowest BCUT2D eigenvalue weighted by Crippen LogP contribution is -2.29. The summed E-state index contributed by atoms with van der Waals surface area (Å²) in [6.45, 7) is 2.81. The number of para-hydroxylation sites is 1. The maximum Gasteiger partial charge on any atom is 0.269 e. The van der Waals surface area contributed by atoms with Crippen LogP contribution in [0.1, 0.15) is 30.1 Å². The Bertz CT molecular complexity index is 640. The second-order valence-electron chi connectivity index (χ2n) is 4.90. The van der Waals surface area contributed by atoms with Crippen LogP contribution in [0.5, 0.6) is 5.75 Å². The third-order valence-corrected chi connectivity index (χ3v) is 4.47. The Hall–Kier alpha value is -1.53. The van der Waals surface area contributed by atoms with Gasteiger partial charge in [0.05, 0.1) is 12.3 Å². The summed E-state index contributed by atoms with van der Waals surface area (Å²) < 4.78 is 7.29. The highest BCUT2D eigenvalue weighted by molar-refractivity contribution is 9.11. The summed E-state index contributed by atoms with van der Waals surface area (Å²) in [6, 6.07) is 12.8. The quantitative estimate of drug-likeness (QED) is 0.461. The van der Waals surface area contributed by atoms with Crippen molar-refractivity contribution in [3.63, 3.8) is 0 Å². The normalized spacial score (nSPS) is 10.2. The minimum absolute atomic E-state index is 0.215. The van der Waals surface area contributed by atoms with E-state index in [1.54, 1.807) is 24.3 Å². The maximum atomic E-state index is 12.2. The lowest BCUT2D eigenvalue weighted by atomic mass is 10.2. The van der Waals surface area contributed by atoms with Crippen molar-refractivity contribution in [2.75, 3.05) is 12.0 Å². The Morgan fingerprint density at radius 1 is 1.09 bits per heavy atom. The molecular formula is C17H18Br2N2O2. The van der Waals surface area contributed by atoms with Gasteiger partial charge in [0.25, 0.3) is 5.91 Å². The number of hydrogen-bond donors (Lipinski definition) is 2. The summed E-state index contributed by atoms with van der Waals surface area (Å²) in [6.07, 6.45) is 2.11. The van der Waals surface area contributed by atoms with E-state index < -0.39 is 0 Å². The summed E-state index contributed by atoms with van der Waals surface area (Å²) in [5.41, 5.74) is 6.91. The number of unbranched alkanes of at least 4 members (excludes halogenated alkanes) is 1. The zero-order valence-corrected chi connectivity index (χ0v) is 15.9. The first-order chi connectivity index (χ1) is 11.1. The number of carbonyl (C=O) groups excluding carboxylic acids is 1. The van der Waals surface area contributed by atoms with E-state index in [-0.39, 0.29) is 5.91 Å². The van der Waals surface area contributed by atoms with Crippen molar-refractivity contribution in [3.8, 4) is 5.75 Å². The molecule has 0 heterocycles. The van der Waals surface area contributed by atoms with Gasteiger partial charge in [0.1, 0.15) is 5.75 Å². The van der Waals surface area contributed by atoms with E-state index in [1.807, 2.05) is 18.2 Å². The van der Waals surface area contributed by atoms with Gasteiger partial charge in [-0.15, -0.1) is 0 Å². The number of rotatable bonds is 7. The molecule has 6 heteroatoms. The molecule has 0 aliphatic carbocycles. The van der Waals surface area contributed by atoms with E-state index in [0.29, 0.717) is 12.2 Å². The standard InChI is InChI=1S/C17H18Br2N2O2/c1-2-3-11-23-13-9-7-12(8-10-13)17(22)21-20-16-14(18)5-4-6-15(16)19/h4-10,20H,2-3,11H2,1H3,(H,21,22). The maximum absolute atomic E-state index is 12.2. The Kier molecular flexibility index (Phi) is 6.92. The van der Waals surface area contributed by atoms with Crippen LogP contribution in [-0.2, 0) is 0 Å². The Balaban J connectivity index is 1.93. The zero-order valence-electron chi connectivity index (χ0n) is 12.7. The number of nitrogens with one attached hydrogen (secondary N) is 2.